The molecule has 0 aliphatic carbocycles. The van der Waals surface area contributed by atoms with Crippen LogP contribution in [0.15, 0.2) is 0 Å². The summed E-state index contributed by atoms with van der Waals surface area (Å²) < 4.78 is 19.3. The summed E-state index contributed by atoms with van der Waals surface area (Å²) in [4.78, 5) is 16.5. The van der Waals surface area contributed by atoms with Gasteiger partial charge >= 0.3 is 7.82 Å². The van der Waals surface area contributed by atoms with E-state index >= 15 is 0 Å². The van der Waals surface area contributed by atoms with Crippen LogP contribution >= 0.6 is 7.82 Å². The predicted molar refractivity (Wildman–Crippen MR) is 92.2 cm³/mol. The number of nitrogens with one attached hydrogen (secondary N) is 2. The van der Waals surface area contributed by atoms with Crippen molar-refractivity contribution in [2.75, 3.05) is 46.0 Å². The first kappa shape index (κ1) is 26.9. The highest BCUT2D eigenvalue weighted by molar-refractivity contribution is 7.46. The second-order valence-corrected chi connectivity index (χ2v) is 5.44. The number of unbranched alkanes of at least 4 members (excludes halogenated alkanes) is 1. The van der Waals surface area contributed by atoms with Crippen molar-refractivity contribution in [3.63, 3.8) is 0 Å². The van der Waals surface area contributed by atoms with Crippen LogP contribution in [0.5, 0.6) is 0 Å². The van der Waals surface area contributed by atoms with Gasteiger partial charge in [0.1, 0.15) is 0 Å². The van der Waals surface area contributed by atoms with E-state index in [1.807, 2.05) is 6.92 Å². The molecule has 0 aliphatic rings. The Hall–Kier alpha value is -0.0100. The van der Waals surface area contributed by atoms with Gasteiger partial charge in [-0.15, -0.1) is 0 Å². The number of ether oxygens (including phenoxy) is 1. The molecule has 0 saturated heterocycles. The smallest absolute Gasteiger partial charge is 0.379 e. The van der Waals surface area contributed by atoms with Gasteiger partial charge in [-0.3, -0.25) is 4.52 Å². The second-order valence-electron chi connectivity index (χ2n) is 4.20. The Morgan fingerprint density at radius 3 is 1.55 bits per heavy atom. The van der Waals surface area contributed by atoms with Crippen LogP contribution in [0, 0.1) is 0 Å². The molecule has 0 aromatic carbocycles. The molecule has 8 heteroatoms. The van der Waals surface area contributed by atoms with Gasteiger partial charge in [0.25, 0.3) is 0 Å². The largest absolute Gasteiger partial charge is 0.469 e. The molecule has 138 valence electrons. The van der Waals surface area contributed by atoms with Gasteiger partial charge in [0.2, 0.25) is 0 Å². The average molecular weight is 344 g/mol. The molecule has 0 amide bonds. The van der Waals surface area contributed by atoms with E-state index in [0.717, 1.165) is 39.0 Å². The lowest BCUT2D eigenvalue weighted by Crippen LogP contribution is -2.09. The van der Waals surface area contributed by atoms with Gasteiger partial charge in [-0.1, -0.05) is 41.0 Å². The first-order chi connectivity index (χ1) is 10.4. The van der Waals surface area contributed by atoms with Gasteiger partial charge in [-0.25, -0.2) is 4.57 Å². The second kappa shape index (κ2) is 23.3. The summed E-state index contributed by atoms with van der Waals surface area (Å²) >= 11 is 0. The number of phosphoric ester groups is 1. The summed E-state index contributed by atoms with van der Waals surface area (Å²) in [7, 11) is -4.30. The maximum atomic E-state index is 10.1. The Morgan fingerprint density at radius 1 is 0.818 bits per heavy atom. The third kappa shape index (κ3) is 42.7. The van der Waals surface area contributed by atoms with Crippen LogP contribution in [-0.2, 0) is 13.8 Å². The number of hydrogen-bond donors (Lipinski definition) is 4. The lowest BCUT2D eigenvalue weighted by atomic mass is 10.4. The molecule has 0 radical (unpaired) electrons. The summed E-state index contributed by atoms with van der Waals surface area (Å²) in [5.74, 6) is 0. The first-order valence-electron chi connectivity index (χ1n) is 8.08. The molecule has 4 N–H and O–H groups in total. The molecule has 0 unspecified atom stereocenters. The van der Waals surface area contributed by atoms with Crippen molar-refractivity contribution >= 4 is 7.82 Å². The molecule has 0 atom stereocenters. The Kier molecular flexibility index (Phi) is 28.4. The standard InChI is InChI=1S/C6H15O5P.2C4H11N/c1-2-3-4-10-5-6-11-12(7,8)9;2*1-3-5-4-2/h2-6H2,1H3,(H2,7,8,9);2*5H,3-4H2,1-2H3. The van der Waals surface area contributed by atoms with Crippen LogP contribution in [0.2, 0.25) is 0 Å². The predicted octanol–water partition coefficient (Wildman–Crippen LogP) is 2.14. The summed E-state index contributed by atoms with van der Waals surface area (Å²) in [6.45, 7) is 15.6. The summed E-state index contributed by atoms with van der Waals surface area (Å²) in [6.07, 6.45) is 2.00. The monoisotopic (exact) mass is 344 g/mol. The van der Waals surface area contributed by atoms with Gasteiger partial charge in [-0.2, -0.15) is 0 Å². The van der Waals surface area contributed by atoms with Crippen LogP contribution < -0.4 is 10.6 Å². The van der Waals surface area contributed by atoms with Crippen molar-refractivity contribution in [1.29, 1.82) is 0 Å². The van der Waals surface area contributed by atoms with Gasteiger partial charge in [0.05, 0.1) is 13.2 Å². The minimum absolute atomic E-state index is 0.0615. The third-order valence-corrected chi connectivity index (χ3v) is 2.65. The molecule has 0 aliphatic heterocycles. The fourth-order valence-corrected chi connectivity index (χ4v) is 1.38. The lowest BCUT2D eigenvalue weighted by molar-refractivity contribution is 0.0839. The molecule has 0 rings (SSSR count). The first-order valence-corrected chi connectivity index (χ1v) is 9.61. The summed E-state index contributed by atoms with van der Waals surface area (Å²) in [5.41, 5.74) is 0. The van der Waals surface area contributed by atoms with Crippen LogP contribution in [0.4, 0.5) is 0 Å². The van der Waals surface area contributed by atoms with Gasteiger partial charge in [0.15, 0.2) is 0 Å². The summed E-state index contributed by atoms with van der Waals surface area (Å²) in [5, 5.41) is 6.22. The number of rotatable bonds is 11. The van der Waals surface area contributed by atoms with E-state index in [4.69, 9.17) is 14.5 Å². The van der Waals surface area contributed by atoms with Crippen LogP contribution in [0.1, 0.15) is 47.5 Å². The zero-order valence-electron chi connectivity index (χ0n) is 14.9. The van der Waals surface area contributed by atoms with Crippen LogP contribution in [-0.4, -0.2) is 55.8 Å². The van der Waals surface area contributed by atoms with E-state index in [0.29, 0.717) is 6.61 Å². The molecule has 22 heavy (non-hydrogen) atoms. The minimum Gasteiger partial charge on any atom is -0.379 e. The van der Waals surface area contributed by atoms with Crippen molar-refractivity contribution in [3.05, 3.63) is 0 Å². The number of phosphoric acid groups is 1. The minimum atomic E-state index is -4.30. The highest BCUT2D eigenvalue weighted by atomic mass is 31.2. The molecule has 0 heterocycles. The van der Waals surface area contributed by atoms with Crippen LogP contribution in [0.25, 0.3) is 0 Å². The van der Waals surface area contributed by atoms with E-state index in [9.17, 15) is 4.57 Å². The highest BCUT2D eigenvalue weighted by Gasteiger charge is 2.12. The zero-order valence-corrected chi connectivity index (χ0v) is 15.8. The molecule has 0 spiro atoms. The van der Waals surface area contributed by atoms with Crippen molar-refractivity contribution in [2.45, 2.75) is 47.5 Å². The topological polar surface area (TPSA) is 100 Å². The molecular formula is C14H37N2O5P. The quantitative estimate of drug-likeness (QED) is 0.336. The van der Waals surface area contributed by atoms with E-state index in [2.05, 4.69) is 42.9 Å². The van der Waals surface area contributed by atoms with Gasteiger partial charge in [-0.05, 0) is 32.6 Å². The lowest BCUT2D eigenvalue weighted by Gasteiger charge is -2.05. The maximum Gasteiger partial charge on any atom is 0.469 e. The molecule has 0 aromatic rings. The highest BCUT2D eigenvalue weighted by Crippen LogP contribution is 2.35. The van der Waals surface area contributed by atoms with Crippen LogP contribution in [0.3, 0.4) is 0 Å². The number of hydrogen-bond acceptors (Lipinski definition) is 5. The van der Waals surface area contributed by atoms with Gasteiger partial charge < -0.3 is 25.2 Å². The maximum absolute atomic E-state index is 10.1. The molecule has 7 nitrogen and oxygen atoms in total. The van der Waals surface area contributed by atoms with Gasteiger partial charge in [0, 0.05) is 6.61 Å². The van der Waals surface area contributed by atoms with E-state index in [1.165, 1.54) is 0 Å². The normalized spacial score (nSPS) is 10.3. The zero-order chi connectivity index (χ0) is 17.7. The molecule has 0 fully saturated rings. The Labute approximate surface area is 136 Å². The molecular weight excluding hydrogens is 307 g/mol. The Bertz CT molecular complexity index is 217. The van der Waals surface area contributed by atoms with Crippen molar-refractivity contribution in [1.82, 2.24) is 10.6 Å². The SMILES string of the molecule is CCCCOCCOP(=O)(O)O.CCNCC.CCNCC. The molecule has 0 bridgehead atoms. The summed E-state index contributed by atoms with van der Waals surface area (Å²) in [6, 6.07) is 0. The van der Waals surface area contributed by atoms with Crippen molar-refractivity contribution in [2.24, 2.45) is 0 Å². The van der Waals surface area contributed by atoms with Crippen molar-refractivity contribution < 1.29 is 23.6 Å². The molecule has 0 saturated carbocycles. The third-order valence-electron chi connectivity index (χ3n) is 2.13. The average Bonchev–Trinajstić information content (AvgIpc) is 2.45. The van der Waals surface area contributed by atoms with E-state index in [-0.39, 0.29) is 13.2 Å². The molecule has 0 aromatic heterocycles. The van der Waals surface area contributed by atoms with E-state index in [1.54, 1.807) is 0 Å². The fourth-order valence-electron chi connectivity index (χ4n) is 1.06. The van der Waals surface area contributed by atoms with E-state index < -0.39 is 7.82 Å². The Morgan fingerprint density at radius 2 is 1.27 bits per heavy atom. The Balaban J connectivity index is -0.000000298. The van der Waals surface area contributed by atoms with Crippen molar-refractivity contribution in [3.8, 4) is 0 Å². The fraction of sp³-hybridized carbons (Fsp3) is 1.00.